The molecule has 6 heteroatoms. The molecule has 0 bridgehead atoms. The van der Waals surface area contributed by atoms with Crippen LogP contribution in [0.5, 0.6) is 0 Å². The standard InChI is InChI=1S/C28H46O6/c1-15(17(3)14-29)6-7-16(2)18-12-20(31)25-26(18,4)11-9-22-27(5)10-8-19(30)24(33)23(27)21(32)13-28(22,25)34/h16-19,21-25,29-30,32-34H,1,6-14H2,2-5H3/t16-,17-,18-,19+,21?,22-,23?,24+,25-,26-,27-,28+/m1/s1. The summed E-state index contributed by atoms with van der Waals surface area (Å²) in [6.45, 7) is 12.6. The summed E-state index contributed by atoms with van der Waals surface area (Å²) in [5, 5.41) is 53.9. The number of hydrogen-bond donors (Lipinski definition) is 5. The van der Waals surface area contributed by atoms with E-state index in [-0.39, 0.29) is 47.9 Å². The Bertz CT molecular complexity index is 813. The minimum absolute atomic E-state index is 0.0682. The zero-order valence-corrected chi connectivity index (χ0v) is 21.4. The van der Waals surface area contributed by atoms with Gasteiger partial charge in [0, 0.05) is 25.4 Å². The SMILES string of the molecule is C=C(CC[C@@H](C)[C@H]1CC(=O)[C@@H]2[C@]1(C)CC[C@H]1[C@@]2(O)CC(O)C2[C@@H](O)[C@@H](O)CC[C@@]21C)[C@H](C)CO. The number of ketones is 1. The van der Waals surface area contributed by atoms with Gasteiger partial charge in [-0.15, -0.1) is 0 Å². The first-order chi connectivity index (χ1) is 15.8. The van der Waals surface area contributed by atoms with E-state index in [1.54, 1.807) is 0 Å². The molecule has 0 saturated heterocycles. The van der Waals surface area contributed by atoms with E-state index in [4.69, 9.17) is 0 Å². The normalized spacial score (nSPS) is 50.1. The van der Waals surface area contributed by atoms with Gasteiger partial charge in [0.25, 0.3) is 0 Å². The smallest absolute Gasteiger partial charge is 0.139 e. The highest BCUT2D eigenvalue weighted by atomic mass is 16.3. The van der Waals surface area contributed by atoms with Crippen LogP contribution in [0.1, 0.15) is 79.1 Å². The van der Waals surface area contributed by atoms with Crippen LogP contribution in [0.4, 0.5) is 0 Å². The third kappa shape index (κ3) is 3.75. The van der Waals surface area contributed by atoms with Crippen molar-refractivity contribution >= 4 is 5.78 Å². The van der Waals surface area contributed by atoms with E-state index in [0.717, 1.165) is 31.3 Å². The van der Waals surface area contributed by atoms with E-state index >= 15 is 0 Å². The van der Waals surface area contributed by atoms with Gasteiger partial charge in [-0.05, 0) is 73.0 Å². The van der Waals surface area contributed by atoms with E-state index in [1.165, 1.54) is 0 Å². The average Bonchev–Trinajstić information content (AvgIpc) is 3.05. The molecule has 0 spiro atoms. The van der Waals surface area contributed by atoms with Gasteiger partial charge in [-0.3, -0.25) is 4.79 Å². The van der Waals surface area contributed by atoms with Gasteiger partial charge in [-0.25, -0.2) is 0 Å². The molecule has 5 N–H and O–H groups in total. The van der Waals surface area contributed by atoms with Gasteiger partial charge in [0.15, 0.2) is 0 Å². The second kappa shape index (κ2) is 8.95. The fraction of sp³-hybridized carbons (Fsp3) is 0.893. The van der Waals surface area contributed by atoms with Crippen molar-refractivity contribution in [3.05, 3.63) is 12.2 Å². The van der Waals surface area contributed by atoms with E-state index in [1.807, 2.05) is 13.8 Å². The Labute approximate surface area is 204 Å². The number of rotatable bonds is 6. The van der Waals surface area contributed by atoms with Gasteiger partial charge in [-0.2, -0.15) is 0 Å². The lowest BCUT2D eigenvalue weighted by molar-refractivity contribution is -0.269. The summed E-state index contributed by atoms with van der Waals surface area (Å²) in [6, 6.07) is 0. The summed E-state index contributed by atoms with van der Waals surface area (Å²) in [6.07, 6.45) is 2.12. The van der Waals surface area contributed by atoms with Crippen LogP contribution in [-0.2, 0) is 4.79 Å². The third-order valence-corrected chi connectivity index (χ3v) is 11.2. The van der Waals surface area contributed by atoms with E-state index < -0.39 is 41.2 Å². The molecule has 34 heavy (non-hydrogen) atoms. The molecule has 6 nitrogen and oxygen atoms in total. The molecule has 4 aliphatic rings. The van der Waals surface area contributed by atoms with Crippen LogP contribution in [0.2, 0.25) is 0 Å². The molecule has 0 heterocycles. The quantitative estimate of drug-likeness (QED) is 0.375. The molecule has 0 aliphatic heterocycles. The van der Waals surface area contributed by atoms with Crippen molar-refractivity contribution in [3.8, 4) is 0 Å². The molecular formula is C28H46O6. The highest BCUT2D eigenvalue weighted by Gasteiger charge is 2.71. The molecule has 4 fully saturated rings. The maximum Gasteiger partial charge on any atom is 0.139 e. The molecular weight excluding hydrogens is 432 g/mol. The Morgan fingerprint density at radius 1 is 1.09 bits per heavy atom. The molecule has 2 unspecified atom stereocenters. The van der Waals surface area contributed by atoms with Crippen molar-refractivity contribution in [2.75, 3.05) is 6.61 Å². The number of carbonyl (C=O) groups excluding carboxylic acids is 1. The Balaban J connectivity index is 1.60. The van der Waals surface area contributed by atoms with Crippen LogP contribution in [0.15, 0.2) is 12.2 Å². The van der Waals surface area contributed by atoms with E-state index in [9.17, 15) is 30.3 Å². The molecule has 4 saturated carbocycles. The fourth-order valence-corrected chi connectivity index (χ4v) is 9.20. The molecule has 0 aromatic carbocycles. The van der Waals surface area contributed by atoms with Crippen LogP contribution >= 0.6 is 0 Å². The van der Waals surface area contributed by atoms with Crippen molar-refractivity contribution in [1.82, 2.24) is 0 Å². The largest absolute Gasteiger partial charge is 0.396 e. The van der Waals surface area contributed by atoms with Gasteiger partial charge < -0.3 is 25.5 Å². The predicted octanol–water partition coefficient (Wildman–Crippen LogP) is 2.84. The lowest BCUT2D eigenvalue weighted by atomic mass is 9.41. The summed E-state index contributed by atoms with van der Waals surface area (Å²) in [5.74, 6) is -0.562. The van der Waals surface area contributed by atoms with E-state index in [2.05, 4.69) is 20.4 Å². The van der Waals surface area contributed by atoms with Gasteiger partial charge in [-0.1, -0.05) is 39.8 Å². The first-order valence-electron chi connectivity index (χ1n) is 13.4. The first-order valence-corrected chi connectivity index (χ1v) is 13.4. The first kappa shape index (κ1) is 26.3. The summed E-state index contributed by atoms with van der Waals surface area (Å²) in [4.78, 5) is 13.6. The topological polar surface area (TPSA) is 118 Å². The Hall–Kier alpha value is -0.790. The molecule has 12 atom stereocenters. The van der Waals surface area contributed by atoms with Crippen molar-refractivity contribution in [2.24, 2.45) is 46.3 Å². The van der Waals surface area contributed by atoms with Gasteiger partial charge in [0.05, 0.1) is 29.8 Å². The summed E-state index contributed by atoms with van der Waals surface area (Å²) in [7, 11) is 0. The van der Waals surface area contributed by atoms with Crippen molar-refractivity contribution in [3.63, 3.8) is 0 Å². The summed E-state index contributed by atoms with van der Waals surface area (Å²) in [5.41, 5.74) is -1.11. The second-order valence-electron chi connectivity index (χ2n) is 13.0. The van der Waals surface area contributed by atoms with Gasteiger partial charge in [0.2, 0.25) is 0 Å². The van der Waals surface area contributed by atoms with Gasteiger partial charge in [0.1, 0.15) is 5.78 Å². The molecule has 0 aromatic rings. The Morgan fingerprint density at radius 3 is 2.38 bits per heavy atom. The number of Topliss-reactive ketones (excluding diaryl/α,β-unsaturated/α-hetero) is 1. The van der Waals surface area contributed by atoms with Crippen LogP contribution in [-0.4, -0.2) is 61.8 Å². The minimum Gasteiger partial charge on any atom is -0.396 e. The number of fused-ring (bicyclic) bond motifs is 5. The van der Waals surface area contributed by atoms with Crippen molar-refractivity contribution in [1.29, 1.82) is 0 Å². The number of carbonyl (C=O) groups is 1. The monoisotopic (exact) mass is 478 g/mol. The van der Waals surface area contributed by atoms with Crippen LogP contribution in [0, 0.1) is 46.3 Å². The van der Waals surface area contributed by atoms with E-state index in [0.29, 0.717) is 19.3 Å². The molecule has 0 amide bonds. The van der Waals surface area contributed by atoms with Gasteiger partial charge >= 0.3 is 0 Å². The molecule has 0 radical (unpaired) electrons. The number of aliphatic hydroxyl groups is 5. The molecule has 194 valence electrons. The number of hydrogen-bond acceptors (Lipinski definition) is 6. The summed E-state index contributed by atoms with van der Waals surface area (Å²) < 4.78 is 0. The third-order valence-electron chi connectivity index (χ3n) is 11.2. The van der Waals surface area contributed by atoms with Crippen molar-refractivity contribution in [2.45, 2.75) is 103 Å². The lowest BCUT2D eigenvalue weighted by Crippen LogP contribution is -2.70. The Morgan fingerprint density at radius 2 is 1.74 bits per heavy atom. The second-order valence-corrected chi connectivity index (χ2v) is 13.0. The Kier molecular flexibility index (Phi) is 6.92. The van der Waals surface area contributed by atoms with Crippen LogP contribution < -0.4 is 0 Å². The zero-order valence-electron chi connectivity index (χ0n) is 21.4. The average molecular weight is 479 g/mol. The highest BCUT2D eigenvalue weighted by molar-refractivity contribution is 5.86. The van der Waals surface area contributed by atoms with Crippen LogP contribution in [0.25, 0.3) is 0 Å². The minimum atomic E-state index is -1.29. The lowest BCUT2D eigenvalue weighted by Gasteiger charge is -2.65. The highest BCUT2D eigenvalue weighted by Crippen LogP contribution is 2.69. The summed E-state index contributed by atoms with van der Waals surface area (Å²) >= 11 is 0. The van der Waals surface area contributed by atoms with Crippen molar-refractivity contribution < 1.29 is 30.3 Å². The maximum absolute atomic E-state index is 13.6. The van der Waals surface area contributed by atoms with Crippen LogP contribution in [0.3, 0.4) is 0 Å². The molecule has 4 rings (SSSR count). The number of aliphatic hydroxyl groups excluding tert-OH is 4. The molecule has 0 aromatic heterocycles. The zero-order chi connectivity index (χ0) is 25.2. The molecule has 4 aliphatic carbocycles. The maximum atomic E-state index is 13.6. The fourth-order valence-electron chi connectivity index (χ4n) is 9.20. The predicted molar refractivity (Wildman–Crippen MR) is 130 cm³/mol.